The predicted octanol–water partition coefficient (Wildman–Crippen LogP) is 1.25. The Kier molecular flexibility index (Phi) is 6.65. The number of nitrogens with one attached hydrogen (secondary N) is 2. The molecule has 5 nitrogen and oxygen atoms in total. The standard InChI is InChI=1S/C15H21N3O2.ClH/c1-11-3-5-12(6-4-11)18-10-8-13(15(18)20)17-14(19)7-9-16-2;/h3-6,13,16H,7-10H2,1-2H3,(H,17,19);1H. The maximum atomic E-state index is 12.3. The average molecular weight is 312 g/mol. The van der Waals surface area contributed by atoms with Crippen molar-refractivity contribution in [2.45, 2.75) is 25.8 Å². The van der Waals surface area contributed by atoms with Gasteiger partial charge in [0.05, 0.1) is 0 Å². The maximum absolute atomic E-state index is 12.3. The second-order valence-corrected chi connectivity index (χ2v) is 5.09. The van der Waals surface area contributed by atoms with Crippen LogP contribution in [0.4, 0.5) is 5.69 Å². The van der Waals surface area contributed by atoms with Crippen molar-refractivity contribution in [3.63, 3.8) is 0 Å². The van der Waals surface area contributed by atoms with E-state index in [1.54, 1.807) is 11.9 Å². The van der Waals surface area contributed by atoms with E-state index in [1.807, 2.05) is 31.2 Å². The summed E-state index contributed by atoms with van der Waals surface area (Å²) in [5, 5.41) is 5.72. The first kappa shape index (κ1) is 17.5. The van der Waals surface area contributed by atoms with Crippen LogP contribution in [0, 0.1) is 6.92 Å². The van der Waals surface area contributed by atoms with E-state index in [4.69, 9.17) is 0 Å². The van der Waals surface area contributed by atoms with Crippen LogP contribution >= 0.6 is 12.4 Å². The summed E-state index contributed by atoms with van der Waals surface area (Å²) in [6.07, 6.45) is 1.06. The largest absolute Gasteiger partial charge is 0.344 e. The van der Waals surface area contributed by atoms with Crippen molar-refractivity contribution in [2.24, 2.45) is 0 Å². The fourth-order valence-electron chi connectivity index (χ4n) is 2.30. The molecule has 1 aliphatic rings. The number of nitrogens with zero attached hydrogens (tertiary/aromatic N) is 1. The number of amides is 2. The number of hydrogen-bond acceptors (Lipinski definition) is 3. The molecule has 0 aromatic heterocycles. The Morgan fingerprint density at radius 1 is 1.33 bits per heavy atom. The van der Waals surface area contributed by atoms with Gasteiger partial charge >= 0.3 is 0 Å². The highest BCUT2D eigenvalue weighted by Crippen LogP contribution is 2.21. The third-order valence-corrected chi connectivity index (χ3v) is 3.49. The summed E-state index contributed by atoms with van der Waals surface area (Å²) < 4.78 is 0. The zero-order chi connectivity index (χ0) is 14.5. The number of rotatable bonds is 5. The summed E-state index contributed by atoms with van der Waals surface area (Å²) in [5.74, 6) is -0.102. The normalized spacial score (nSPS) is 17.5. The highest BCUT2D eigenvalue weighted by Gasteiger charge is 2.33. The molecular formula is C15H22ClN3O2. The van der Waals surface area contributed by atoms with Gasteiger partial charge in [0.25, 0.3) is 0 Å². The van der Waals surface area contributed by atoms with Gasteiger partial charge in [-0.25, -0.2) is 0 Å². The van der Waals surface area contributed by atoms with E-state index in [1.165, 1.54) is 0 Å². The molecule has 1 atom stereocenters. The molecule has 0 radical (unpaired) electrons. The van der Waals surface area contributed by atoms with Crippen LogP contribution in [0.5, 0.6) is 0 Å². The van der Waals surface area contributed by atoms with Crippen molar-refractivity contribution in [3.05, 3.63) is 29.8 Å². The van der Waals surface area contributed by atoms with Gasteiger partial charge in [-0.2, -0.15) is 0 Å². The average Bonchev–Trinajstić information content (AvgIpc) is 2.79. The molecule has 1 unspecified atom stereocenters. The third kappa shape index (κ3) is 4.44. The molecule has 0 spiro atoms. The van der Waals surface area contributed by atoms with E-state index in [0.29, 0.717) is 25.9 Å². The molecule has 2 amide bonds. The van der Waals surface area contributed by atoms with Crippen LogP contribution in [0.3, 0.4) is 0 Å². The van der Waals surface area contributed by atoms with Crippen molar-refractivity contribution >= 4 is 29.9 Å². The number of anilines is 1. The molecule has 1 aromatic rings. The number of halogens is 1. The fourth-order valence-corrected chi connectivity index (χ4v) is 2.30. The lowest BCUT2D eigenvalue weighted by molar-refractivity contribution is -0.126. The van der Waals surface area contributed by atoms with Gasteiger partial charge in [-0.3, -0.25) is 9.59 Å². The number of carbonyl (C=O) groups excluding carboxylic acids is 2. The molecule has 1 heterocycles. The summed E-state index contributed by atoms with van der Waals surface area (Å²) in [5.41, 5.74) is 2.06. The molecule has 116 valence electrons. The van der Waals surface area contributed by atoms with Gasteiger partial charge in [0, 0.05) is 25.2 Å². The van der Waals surface area contributed by atoms with Crippen LogP contribution in [0.15, 0.2) is 24.3 Å². The lowest BCUT2D eigenvalue weighted by atomic mass is 10.2. The van der Waals surface area contributed by atoms with Crippen LogP contribution < -0.4 is 15.5 Å². The fraction of sp³-hybridized carbons (Fsp3) is 0.467. The minimum Gasteiger partial charge on any atom is -0.344 e. The third-order valence-electron chi connectivity index (χ3n) is 3.49. The van der Waals surface area contributed by atoms with E-state index in [9.17, 15) is 9.59 Å². The van der Waals surface area contributed by atoms with Gasteiger partial charge in [-0.1, -0.05) is 17.7 Å². The molecule has 0 bridgehead atoms. The molecule has 2 N–H and O–H groups in total. The zero-order valence-corrected chi connectivity index (χ0v) is 13.2. The van der Waals surface area contributed by atoms with Gasteiger partial charge in [-0.15, -0.1) is 12.4 Å². The van der Waals surface area contributed by atoms with Gasteiger partial charge in [0.15, 0.2) is 0 Å². The van der Waals surface area contributed by atoms with E-state index in [0.717, 1.165) is 11.3 Å². The minimum absolute atomic E-state index is 0. The first-order chi connectivity index (χ1) is 9.61. The van der Waals surface area contributed by atoms with Crippen molar-refractivity contribution in [1.29, 1.82) is 0 Å². The minimum atomic E-state index is -0.388. The monoisotopic (exact) mass is 311 g/mol. The SMILES string of the molecule is CNCCC(=O)NC1CCN(c2ccc(C)cc2)C1=O.Cl. The Morgan fingerprint density at radius 2 is 2.00 bits per heavy atom. The molecular weight excluding hydrogens is 290 g/mol. The zero-order valence-electron chi connectivity index (χ0n) is 12.4. The maximum Gasteiger partial charge on any atom is 0.249 e. The van der Waals surface area contributed by atoms with Crippen LogP contribution in [0.1, 0.15) is 18.4 Å². The molecule has 0 saturated carbocycles. The van der Waals surface area contributed by atoms with Crippen molar-refractivity contribution < 1.29 is 9.59 Å². The van der Waals surface area contributed by atoms with Crippen LogP contribution in [-0.2, 0) is 9.59 Å². The topological polar surface area (TPSA) is 61.4 Å². The first-order valence-electron chi connectivity index (χ1n) is 6.94. The van der Waals surface area contributed by atoms with Crippen LogP contribution in [-0.4, -0.2) is 38.0 Å². The van der Waals surface area contributed by atoms with Gasteiger partial charge in [0.2, 0.25) is 11.8 Å². The number of aryl methyl sites for hydroxylation is 1. The molecule has 1 aromatic carbocycles. The Bertz CT molecular complexity index is 490. The van der Waals surface area contributed by atoms with Crippen molar-refractivity contribution in [3.8, 4) is 0 Å². The number of carbonyl (C=O) groups is 2. The number of hydrogen-bond donors (Lipinski definition) is 2. The van der Waals surface area contributed by atoms with Crippen LogP contribution in [0.2, 0.25) is 0 Å². The Labute approximate surface area is 131 Å². The van der Waals surface area contributed by atoms with Crippen LogP contribution in [0.25, 0.3) is 0 Å². The van der Waals surface area contributed by atoms with E-state index >= 15 is 0 Å². The predicted molar refractivity (Wildman–Crippen MR) is 85.9 cm³/mol. The Balaban J connectivity index is 0.00000220. The molecule has 1 fully saturated rings. The van der Waals surface area contributed by atoms with E-state index < -0.39 is 0 Å². The van der Waals surface area contributed by atoms with Gasteiger partial charge in [0.1, 0.15) is 6.04 Å². The van der Waals surface area contributed by atoms with Gasteiger partial charge in [-0.05, 0) is 32.5 Å². The lowest BCUT2D eigenvalue weighted by Gasteiger charge is -2.17. The summed E-state index contributed by atoms with van der Waals surface area (Å²) >= 11 is 0. The second-order valence-electron chi connectivity index (χ2n) is 5.09. The Morgan fingerprint density at radius 3 is 2.62 bits per heavy atom. The molecule has 1 aliphatic heterocycles. The summed E-state index contributed by atoms with van der Waals surface area (Å²) in [6, 6.07) is 7.47. The van der Waals surface area contributed by atoms with E-state index in [2.05, 4.69) is 10.6 Å². The number of benzene rings is 1. The lowest BCUT2D eigenvalue weighted by Crippen LogP contribution is -2.42. The molecule has 21 heavy (non-hydrogen) atoms. The molecule has 6 heteroatoms. The first-order valence-corrected chi connectivity index (χ1v) is 6.94. The summed E-state index contributed by atoms with van der Waals surface area (Å²) in [6.45, 7) is 3.29. The van der Waals surface area contributed by atoms with Crippen molar-refractivity contribution in [2.75, 3.05) is 25.0 Å². The van der Waals surface area contributed by atoms with Gasteiger partial charge < -0.3 is 15.5 Å². The smallest absolute Gasteiger partial charge is 0.249 e. The summed E-state index contributed by atoms with van der Waals surface area (Å²) in [4.78, 5) is 25.7. The summed E-state index contributed by atoms with van der Waals surface area (Å²) in [7, 11) is 1.80. The second kappa shape index (κ2) is 8.00. The van der Waals surface area contributed by atoms with Crippen molar-refractivity contribution in [1.82, 2.24) is 10.6 Å². The van der Waals surface area contributed by atoms with E-state index in [-0.39, 0.29) is 30.3 Å². The Hall–Kier alpha value is -1.59. The highest BCUT2D eigenvalue weighted by atomic mass is 35.5. The highest BCUT2D eigenvalue weighted by molar-refractivity contribution is 6.01. The molecule has 0 aliphatic carbocycles. The quantitative estimate of drug-likeness (QED) is 0.860. The molecule has 2 rings (SSSR count). The molecule has 1 saturated heterocycles.